The summed E-state index contributed by atoms with van der Waals surface area (Å²) in [4.78, 5) is 16.2. The van der Waals surface area contributed by atoms with E-state index in [0.717, 1.165) is 12.8 Å². The predicted molar refractivity (Wildman–Crippen MR) is 42.5 cm³/mol. The molecule has 0 radical (unpaired) electrons. The fourth-order valence-corrected chi connectivity index (χ4v) is 1.04. The van der Waals surface area contributed by atoms with Gasteiger partial charge in [0.15, 0.2) is 5.78 Å². The van der Waals surface area contributed by atoms with Crippen molar-refractivity contribution in [1.29, 1.82) is 0 Å². The van der Waals surface area contributed by atoms with Crippen molar-refractivity contribution < 1.29 is 9.63 Å². The van der Waals surface area contributed by atoms with Gasteiger partial charge in [0.2, 0.25) is 0 Å². The van der Waals surface area contributed by atoms with Gasteiger partial charge in [-0.3, -0.25) is 4.79 Å². The van der Waals surface area contributed by atoms with Crippen LogP contribution in [0.5, 0.6) is 0 Å². The van der Waals surface area contributed by atoms with Crippen molar-refractivity contribution in [2.24, 2.45) is 5.16 Å². The minimum Gasteiger partial charge on any atom is -0.392 e. The predicted octanol–water partition coefficient (Wildman–Crippen LogP) is 1.52. The molecule has 0 spiro atoms. The van der Waals surface area contributed by atoms with Crippen LogP contribution in [0.3, 0.4) is 0 Å². The molecule has 11 heavy (non-hydrogen) atoms. The number of carbonyl (C=O) groups excluding carboxylic acids is 1. The minimum absolute atomic E-state index is 0.0388. The monoisotopic (exact) mass is 155 g/mol. The highest BCUT2D eigenvalue weighted by Gasteiger charge is 2.20. The lowest BCUT2D eigenvalue weighted by Gasteiger charge is -2.15. The Hall–Kier alpha value is -0.860. The SMILES string of the molecule is CCCC1=NOC(C)CC1=O. The van der Waals surface area contributed by atoms with E-state index < -0.39 is 0 Å². The van der Waals surface area contributed by atoms with E-state index in [1.807, 2.05) is 13.8 Å². The van der Waals surface area contributed by atoms with Crippen molar-refractivity contribution in [1.82, 2.24) is 0 Å². The Morgan fingerprint density at radius 1 is 1.73 bits per heavy atom. The summed E-state index contributed by atoms with van der Waals surface area (Å²) >= 11 is 0. The highest BCUT2D eigenvalue weighted by Crippen LogP contribution is 2.09. The van der Waals surface area contributed by atoms with Gasteiger partial charge in [0, 0.05) is 0 Å². The number of oxime groups is 1. The van der Waals surface area contributed by atoms with Crippen molar-refractivity contribution >= 4 is 11.5 Å². The van der Waals surface area contributed by atoms with Crippen LogP contribution < -0.4 is 0 Å². The number of rotatable bonds is 2. The molecule has 0 aliphatic carbocycles. The lowest BCUT2D eigenvalue weighted by Crippen LogP contribution is -2.25. The Morgan fingerprint density at radius 3 is 3.00 bits per heavy atom. The minimum atomic E-state index is -0.0388. The number of hydrogen-bond donors (Lipinski definition) is 0. The molecule has 1 heterocycles. The maximum absolute atomic E-state index is 11.2. The molecule has 3 nitrogen and oxygen atoms in total. The summed E-state index contributed by atoms with van der Waals surface area (Å²) in [6.07, 6.45) is 2.13. The molecule has 0 aromatic heterocycles. The first-order valence-electron chi connectivity index (χ1n) is 4.00. The molecular formula is C8H13NO2. The van der Waals surface area contributed by atoms with E-state index in [4.69, 9.17) is 4.84 Å². The van der Waals surface area contributed by atoms with Gasteiger partial charge in [-0.2, -0.15) is 0 Å². The largest absolute Gasteiger partial charge is 0.392 e. The van der Waals surface area contributed by atoms with Crippen LogP contribution in [-0.2, 0) is 9.63 Å². The molecule has 0 bridgehead atoms. The van der Waals surface area contributed by atoms with E-state index in [9.17, 15) is 4.79 Å². The zero-order valence-corrected chi connectivity index (χ0v) is 6.96. The summed E-state index contributed by atoms with van der Waals surface area (Å²) in [6.45, 7) is 3.87. The lowest BCUT2D eigenvalue weighted by molar-refractivity contribution is -0.117. The van der Waals surface area contributed by atoms with Gasteiger partial charge >= 0.3 is 0 Å². The van der Waals surface area contributed by atoms with Gasteiger partial charge in [0.25, 0.3) is 0 Å². The van der Waals surface area contributed by atoms with Crippen LogP contribution in [0.15, 0.2) is 5.16 Å². The third-order valence-corrected chi connectivity index (χ3v) is 1.62. The smallest absolute Gasteiger partial charge is 0.184 e. The molecular weight excluding hydrogens is 142 g/mol. The second-order valence-electron chi connectivity index (χ2n) is 2.83. The maximum Gasteiger partial charge on any atom is 0.184 e. The Morgan fingerprint density at radius 2 is 2.45 bits per heavy atom. The first kappa shape index (κ1) is 8.24. The molecule has 1 rings (SSSR count). The lowest BCUT2D eigenvalue weighted by atomic mass is 10.1. The third kappa shape index (κ3) is 2.03. The second kappa shape index (κ2) is 3.51. The van der Waals surface area contributed by atoms with Crippen molar-refractivity contribution in [3.05, 3.63) is 0 Å². The molecule has 0 amide bonds. The van der Waals surface area contributed by atoms with Crippen LogP contribution in [0.4, 0.5) is 0 Å². The topological polar surface area (TPSA) is 38.7 Å². The Balaban J connectivity index is 2.57. The van der Waals surface area contributed by atoms with Crippen molar-refractivity contribution in [3.63, 3.8) is 0 Å². The van der Waals surface area contributed by atoms with E-state index in [1.165, 1.54) is 0 Å². The molecule has 1 unspecified atom stereocenters. The fourth-order valence-electron chi connectivity index (χ4n) is 1.04. The van der Waals surface area contributed by atoms with Gasteiger partial charge in [0.05, 0.1) is 6.42 Å². The van der Waals surface area contributed by atoms with Gasteiger partial charge in [-0.1, -0.05) is 18.5 Å². The first-order chi connectivity index (χ1) is 5.24. The van der Waals surface area contributed by atoms with Gasteiger partial charge in [-0.05, 0) is 13.3 Å². The summed E-state index contributed by atoms with van der Waals surface area (Å²) in [5.41, 5.74) is 0.602. The average Bonchev–Trinajstić information content (AvgIpc) is 1.95. The molecule has 3 heteroatoms. The zero-order valence-electron chi connectivity index (χ0n) is 6.96. The Bertz CT molecular complexity index is 187. The number of carbonyl (C=O) groups is 1. The van der Waals surface area contributed by atoms with Gasteiger partial charge in [-0.15, -0.1) is 0 Å². The van der Waals surface area contributed by atoms with Gasteiger partial charge < -0.3 is 4.84 Å². The van der Waals surface area contributed by atoms with E-state index in [-0.39, 0.29) is 11.9 Å². The summed E-state index contributed by atoms with van der Waals surface area (Å²) in [6, 6.07) is 0. The van der Waals surface area contributed by atoms with Crippen LogP contribution in [0.2, 0.25) is 0 Å². The standard InChI is InChI=1S/C8H13NO2/c1-3-4-7-8(10)5-6(2)11-9-7/h6H,3-5H2,1-2H3. The van der Waals surface area contributed by atoms with E-state index in [0.29, 0.717) is 12.1 Å². The highest BCUT2D eigenvalue weighted by atomic mass is 16.6. The fraction of sp³-hybridized carbons (Fsp3) is 0.750. The van der Waals surface area contributed by atoms with Crippen LogP contribution in [0, 0.1) is 0 Å². The van der Waals surface area contributed by atoms with Crippen LogP contribution in [-0.4, -0.2) is 17.6 Å². The van der Waals surface area contributed by atoms with Gasteiger partial charge in [-0.25, -0.2) is 0 Å². The average molecular weight is 155 g/mol. The molecule has 62 valence electrons. The molecule has 1 atom stereocenters. The van der Waals surface area contributed by atoms with Crippen LogP contribution in [0.25, 0.3) is 0 Å². The second-order valence-corrected chi connectivity index (χ2v) is 2.83. The summed E-state index contributed by atoms with van der Waals surface area (Å²) in [5, 5.41) is 3.75. The number of Topliss-reactive ketones (excluding diaryl/α,β-unsaturated/α-hetero) is 1. The molecule has 0 saturated heterocycles. The third-order valence-electron chi connectivity index (χ3n) is 1.62. The van der Waals surface area contributed by atoms with E-state index in [2.05, 4.69) is 5.16 Å². The molecule has 0 N–H and O–H groups in total. The number of ketones is 1. The normalized spacial score (nSPS) is 24.4. The molecule has 0 aromatic rings. The highest BCUT2D eigenvalue weighted by molar-refractivity contribution is 6.40. The summed E-state index contributed by atoms with van der Waals surface area (Å²) in [5.74, 6) is 0.144. The quantitative estimate of drug-likeness (QED) is 0.606. The van der Waals surface area contributed by atoms with E-state index >= 15 is 0 Å². The summed E-state index contributed by atoms with van der Waals surface area (Å²) in [7, 11) is 0. The maximum atomic E-state index is 11.2. The summed E-state index contributed by atoms with van der Waals surface area (Å²) < 4.78 is 0. The molecule has 0 aromatic carbocycles. The Kier molecular flexibility index (Phi) is 2.63. The first-order valence-corrected chi connectivity index (χ1v) is 4.00. The van der Waals surface area contributed by atoms with Crippen molar-refractivity contribution in [2.75, 3.05) is 0 Å². The van der Waals surface area contributed by atoms with Crippen molar-refractivity contribution in [2.45, 2.75) is 39.2 Å². The number of nitrogens with zero attached hydrogens (tertiary/aromatic N) is 1. The Labute approximate surface area is 66.4 Å². The molecule has 0 saturated carbocycles. The van der Waals surface area contributed by atoms with E-state index in [1.54, 1.807) is 0 Å². The molecule has 1 aliphatic rings. The molecule has 0 fully saturated rings. The van der Waals surface area contributed by atoms with Gasteiger partial charge in [0.1, 0.15) is 11.8 Å². The zero-order chi connectivity index (χ0) is 8.27. The number of hydrogen-bond acceptors (Lipinski definition) is 3. The molecule has 1 aliphatic heterocycles. The van der Waals surface area contributed by atoms with Crippen molar-refractivity contribution in [3.8, 4) is 0 Å². The van der Waals surface area contributed by atoms with Crippen LogP contribution >= 0.6 is 0 Å². The van der Waals surface area contributed by atoms with Crippen LogP contribution in [0.1, 0.15) is 33.1 Å².